The van der Waals surface area contributed by atoms with Crippen molar-refractivity contribution in [2.75, 3.05) is 5.32 Å². The van der Waals surface area contributed by atoms with Gasteiger partial charge in [0.1, 0.15) is 5.82 Å². The molecule has 1 aromatic carbocycles. The second-order valence-electron chi connectivity index (χ2n) is 5.99. The van der Waals surface area contributed by atoms with E-state index in [1.807, 2.05) is 25.6 Å². The highest BCUT2D eigenvalue weighted by Crippen LogP contribution is 2.28. The fourth-order valence-electron chi connectivity index (χ4n) is 2.72. The van der Waals surface area contributed by atoms with Gasteiger partial charge < -0.3 is 5.32 Å². The molecular formula is C18H18ClFN4OS. The van der Waals surface area contributed by atoms with Crippen LogP contribution < -0.4 is 5.32 Å². The highest BCUT2D eigenvalue weighted by atomic mass is 35.5. The number of hydrogen-bond donors (Lipinski definition) is 1. The molecule has 0 fully saturated rings. The van der Waals surface area contributed by atoms with Gasteiger partial charge in [0.15, 0.2) is 5.13 Å². The van der Waals surface area contributed by atoms with E-state index in [0.29, 0.717) is 29.2 Å². The molecule has 1 N–H and O–H groups in total. The lowest BCUT2D eigenvalue weighted by atomic mass is 10.1. The molecule has 5 nitrogen and oxygen atoms in total. The van der Waals surface area contributed by atoms with E-state index in [1.165, 1.54) is 23.5 Å². The van der Waals surface area contributed by atoms with Crippen LogP contribution in [-0.2, 0) is 18.3 Å². The Kier molecular flexibility index (Phi) is 5.38. The van der Waals surface area contributed by atoms with Crippen LogP contribution in [0.15, 0.2) is 23.6 Å². The number of benzene rings is 1. The Bertz CT molecular complexity index is 966. The molecule has 136 valence electrons. The van der Waals surface area contributed by atoms with Crippen molar-refractivity contribution in [2.24, 2.45) is 7.05 Å². The van der Waals surface area contributed by atoms with E-state index in [9.17, 15) is 9.18 Å². The predicted octanol–water partition coefficient (Wildman–Crippen LogP) is 4.52. The molecule has 0 bridgehead atoms. The van der Waals surface area contributed by atoms with Crippen molar-refractivity contribution in [3.05, 3.63) is 51.4 Å². The highest BCUT2D eigenvalue weighted by Gasteiger charge is 2.13. The lowest BCUT2D eigenvalue weighted by Gasteiger charge is -2.03. The molecule has 0 radical (unpaired) electrons. The molecule has 0 aliphatic rings. The summed E-state index contributed by atoms with van der Waals surface area (Å²) in [6, 6.07) is 4.43. The first-order chi connectivity index (χ1) is 12.3. The number of amides is 1. The molecule has 2 heterocycles. The van der Waals surface area contributed by atoms with E-state index in [-0.39, 0.29) is 10.9 Å². The topological polar surface area (TPSA) is 59.8 Å². The lowest BCUT2D eigenvalue weighted by molar-refractivity contribution is -0.116. The Morgan fingerprint density at radius 3 is 2.81 bits per heavy atom. The number of halogens is 2. The van der Waals surface area contributed by atoms with Gasteiger partial charge in [-0.25, -0.2) is 9.37 Å². The van der Waals surface area contributed by atoms with Crippen LogP contribution >= 0.6 is 22.9 Å². The highest BCUT2D eigenvalue weighted by molar-refractivity contribution is 7.14. The number of nitrogens with zero attached hydrogens (tertiary/aromatic N) is 3. The summed E-state index contributed by atoms with van der Waals surface area (Å²) in [5, 5.41) is 9.52. The van der Waals surface area contributed by atoms with E-state index < -0.39 is 5.82 Å². The molecule has 1 amide bonds. The van der Waals surface area contributed by atoms with Gasteiger partial charge in [0, 0.05) is 30.1 Å². The Labute approximate surface area is 159 Å². The normalized spacial score (nSPS) is 11.0. The van der Waals surface area contributed by atoms with Crippen LogP contribution in [0.4, 0.5) is 9.52 Å². The molecular weight excluding hydrogens is 375 g/mol. The number of carbonyl (C=O) groups excluding carboxylic acids is 1. The standard InChI is InChI=1S/C18H18ClFN4OS/c1-10-13(11(2)24(3)23-10)5-7-17(25)22-18-21-16(9-26-18)12-4-6-15(20)14(19)8-12/h4,6,8-9H,5,7H2,1-3H3,(H,21,22,25). The summed E-state index contributed by atoms with van der Waals surface area (Å²) in [6.45, 7) is 3.94. The van der Waals surface area contributed by atoms with Gasteiger partial charge in [-0.15, -0.1) is 11.3 Å². The van der Waals surface area contributed by atoms with Crippen LogP contribution in [0.5, 0.6) is 0 Å². The minimum atomic E-state index is -0.472. The Morgan fingerprint density at radius 1 is 1.38 bits per heavy atom. The molecule has 0 aliphatic heterocycles. The van der Waals surface area contributed by atoms with Crippen LogP contribution in [-0.4, -0.2) is 20.7 Å². The first-order valence-corrected chi connectivity index (χ1v) is 9.30. The predicted molar refractivity (Wildman–Crippen MR) is 102 cm³/mol. The molecule has 0 atom stereocenters. The average Bonchev–Trinajstić information content (AvgIpc) is 3.14. The molecule has 0 aliphatic carbocycles. The molecule has 0 unspecified atom stereocenters. The SMILES string of the molecule is Cc1nn(C)c(C)c1CCC(=O)Nc1nc(-c2ccc(F)c(Cl)c2)cs1. The summed E-state index contributed by atoms with van der Waals surface area (Å²) in [5.41, 5.74) is 4.46. The average molecular weight is 393 g/mol. The van der Waals surface area contributed by atoms with Crippen molar-refractivity contribution in [3.8, 4) is 11.3 Å². The summed E-state index contributed by atoms with van der Waals surface area (Å²) in [6.07, 6.45) is 0.980. The fraction of sp³-hybridized carbons (Fsp3) is 0.278. The van der Waals surface area contributed by atoms with Crippen LogP contribution in [0.2, 0.25) is 5.02 Å². The third-order valence-electron chi connectivity index (χ3n) is 4.23. The first kappa shape index (κ1) is 18.5. The summed E-state index contributed by atoms with van der Waals surface area (Å²) >= 11 is 7.12. The quantitative estimate of drug-likeness (QED) is 0.694. The number of aryl methyl sites for hydroxylation is 2. The van der Waals surface area contributed by atoms with Gasteiger partial charge in [-0.3, -0.25) is 9.48 Å². The zero-order valence-corrected chi connectivity index (χ0v) is 16.2. The number of rotatable bonds is 5. The molecule has 0 saturated heterocycles. The second-order valence-corrected chi connectivity index (χ2v) is 7.25. The van der Waals surface area contributed by atoms with Gasteiger partial charge in [0.2, 0.25) is 5.91 Å². The van der Waals surface area contributed by atoms with Crippen LogP contribution in [0, 0.1) is 19.7 Å². The van der Waals surface area contributed by atoms with Gasteiger partial charge in [-0.2, -0.15) is 5.10 Å². The van der Waals surface area contributed by atoms with E-state index in [4.69, 9.17) is 11.6 Å². The van der Waals surface area contributed by atoms with Crippen LogP contribution in [0.25, 0.3) is 11.3 Å². The molecule has 8 heteroatoms. The molecule has 2 aromatic heterocycles. The Hall–Kier alpha value is -2.25. The Balaban J connectivity index is 1.63. The third kappa shape index (κ3) is 3.94. The van der Waals surface area contributed by atoms with Crippen molar-refractivity contribution in [1.82, 2.24) is 14.8 Å². The number of carbonyl (C=O) groups is 1. The number of anilines is 1. The van der Waals surface area contributed by atoms with E-state index in [1.54, 1.807) is 11.4 Å². The summed E-state index contributed by atoms with van der Waals surface area (Å²) in [7, 11) is 1.89. The summed E-state index contributed by atoms with van der Waals surface area (Å²) in [5.74, 6) is -0.578. The zero-order chi connectivity index (χ0) is 18.8. The van der Waals surface area contributed by atoms with Crippen LogP contribution in [0.3, 0.4) is 0 Å². The van der Waals surface area contributed by atoms with Crippen molar-refractivity contribution in [2.45, 2.75) is 26.7 Å². The molecule has 3 aromatic rings. The number of aromatic nitrogens is 3. The van der Waals surface area contributed by atoms with Crippen molar-refractivity contribution in [3.63, 3.8) is 0 Å². The largest absolute Gasteiger partial charge is 0.302 e. The maximum Gasteiger partial charge on any atom is 0.226 e. The van der Waals surface area contributed by atoms with E-state index >= 15 is 0 Å². The summed E-state index contributed by atoms with van der Waals surface area (Å²) < 4.78 is 15.1. The van der Waals surface area contributed by atoms with Crippen LogP contribution in [0.1, 0.15) is 23.4 Å². The summed E-state index contributed by atoms with van der Waals surface area (Å²) in [4.78, 5) is 16.6. The number of hydrogen-bond acceptors (Lipinski definition) is 4. The zero-order valence-electron chi connectivity index (χ0n) is 14.6. The Morgan fingerprint density at radius 2 is 2.15 bits per heavy atom. The molecule has 26 heavy (non-hydrogen) atoms. The third-order valence-corrected chi connectivity index (χ3v) is 5.27. The van der Waals surface area contributed by atoms with Crippen molar-refractivity contribution < 1.29 is 9.18 Å². The minimum absolute atomic E-state index is 0.0447. The molecule has 0 spiro atoms. The number of thiazole rings is 1. The number of nitrogens with one attached hydrogen (secondary N) is 1. The molecule has 0 saturated carbocycles. The van der Waals surface area contributed by atoms with Gasteiger partial charge in [-0.1, -0.05) is 11.6 Å². The van der Waals surface area contributed by atoms with Gasteiger partial charge in [0.05, 0.1) is 16.4 Å². The smallest absolute Gasteiger partial charge is 0.226 e. The fourth-order valence-corrected chi connectivity index (χ4v) is 3.64. The second kappa shape index (κ2) is 7.55. The molecule has 3 rings (SSSR count). The van der Waals surface area contributed by atoms with E-state index in [2.05, 4.69) is 15.4 Å². The van der Waals surface area contributed by atoms with Crippen molar-refractivity contribution >= 4 is 34.0 Å². The van der Waals surface area contributed by atoms with E-state index in [0.717, 1.165) is 17.0 Å². The monoisotopic (exact) mass is 392 g/mol. The minimum Gasteiger partial charge on any atom is -0.302 e. The van der Waals surface area contributed by atoms with Gasteiger partial charge in [-0.05, 0) is 44.0 Å². The lowest BCUT2D eigenvalue weighted by Crippen LogP contribution is -2.12. The maximum atomic E-state index is 13.3. The van der Waals surface area contributed by atoms with Gasteiger partial charge in [0.25, 0.3) is 0 Å². The van der Waals surface area contributed by atoms with Crippen molar-refractivity contribution in [1.29, 1.82) is 0 Å². The first-order valence-electron chi connectivity index (χ1n) is 8.05. The maximum absolute atomic E-state index is 13.3. The van der Waals surface area contributed by atoms with Gasteiger partial charge >= 0.3 is 0 Å².